The van der Waals surface area contributed by atoms with Gasteiger partial charge < -0.3 is 10.4 Å². The molecule has 2 N–H and O–H groups in total. The lowest BCUT2D eigenvalue weighted by Crippen LogP contribution is -2.43. The van der Waals surface area contributed by atoms with Crippen molar-refractivity contribution in [2.75, 3.05) is 0 Å². The van der Waals surface area contributed by atoms with Crippen LogP contribution in [0.4, 0.5) is 0 Å². The summed E-state index contributed by atoms with van der Waals surface area (Å²) in [5.41, 5.74) is 0. The molecule has 2 rings (SSSR count). The average Bonchev–Trinajstić information content (AvgIpc) is 2.89. The van der Waals surface area contributed by atoms with Crippen LogP contribution in [0.5, 0.6) is 0 Å². The quantitative estimate of drug-likeness (QED) is 0.695. The van der Waals surface area contributed by atoms with E-state index in [9.17, 15) is 4.79 Å². The van der Waals surface area contributed by atoms with Gasteiger partial charge in [0.1, 0.15) is 0 Å². The lowest BCUT2D eigenvalue weighted by molar-refractivity contribution is -0.143. The molecule has 0 aliphatic heterocycles. The fourth-order valence-corrected chi connectivity index (χ4v) is 2.18. The Morgan fingerprint density at radius 2 is 1.85 bits per heavy atom. The Kier molecular flexibility index (Phi) is 2.54. The first-order chi connectivity index (χ1) is 6.27. The molecule has 2 aliphatic rings. The van der Waals surface area contributed by atoms with Crippen molar-refractivity contribution in [1.82, 2.24) is 5.32 Å². The van der Waals surface area contributed by atoms with Gasteiger partial charge in [0.15, 0.2) is 0 Å². The molecule has 2 unspecified atom stereocenters. The van der Waals surface area contributed by atoms with Gasteiger partial charge in [0, 0.05) is 12.1 Å². The molecule has 74 valence electrons. The van der Waals surface area contributed by atoms with Gasteiger partial charge in [0.2, 0.25) is 0 Å². The highest BCUT2D eigenvalue weighted by Crippen LogP contribution is 2.28. The number of carboxylic acid groups (broad SMARTS) is 1. The van der Waals surface area contributed by atoms with Crippen molar-refractivity contribution in [3.63, 3.8) is 0 Å². The van der Waals surface area contributed by atoms with E-state index in [-0.39, 0.29) is 12.0 Å². The van der Waals surface area contributed by atoms with Crippen molar-refractivity contribution in [3.8, 4) is 0 Å². The predicted molar refractivity (Wildman–Crippen MR) is 49.5 cm³/mol. The van der Waals surface area contributed by atoms with Gasteiger partial charge >= 0.3 is 5.97 Å². The summed E-state index contributed by atoms with van der Waals surface area (Å²) < 4.78 is 0. The molecule has 3 nitrogen and oxygen atoms in total. The lowest BCUT2D eigenvalue weighted by atomic mass is 9.84. The van der Waals surface area contributed by atoms with Gasteiger partial charge in [-0.25, -0.2) is 0 Å². The third kappa shape index (κ3) is 2.21. The van der Waals surface area contributed by atoms with E-state index in [2.05, 4.69) is 5.32 Å². The predicted octanol–water partition coefficient (Wildman–Crippen LogP) is 1.38. The maximum Gasteiger partial charge on any atom is 0.308 e. The second-order valence-corrected chi connectivity index (χ2v) is 4.28. The molecule has 0 aromatic rings. The molecule has 0 saturated heterocycles. The van der Waals surface area contributed by atoms with E-state index in [1.54, 1.807) is 0 Å². The number of hydrogen-bond acceptors (Lipinski definition) is 2. The summed E-state index contributed by atoms with van der Waals surface area (Å²) in [6.07, 6.45) is 6.66. The summed E-state index contributed by atoms with van der Waals surface area (Å²) in [6.45, 7) is 0. The van der Waals surface area contributed by atoms with Crippen LogP contribution in [0.1, 0.15) is 38.5 Å². The molecule has 13 heavy (non-hydrogen) atoms. The van der Waals surface area contributed by atoms with Crippen LogP contribution in [-0.2, 0) is 4.79 Å². The number of nitrogens with one attached hydrogen (secondary N) is 1. The summed E-state index contributed by atoms with van der Waals surface area (Å²) in [5.74, 6) is -0.743. The first-order valence-corrected chi connectivity index (χ1v) is 5.26. The highest BCUT2D eigenvalue weighted by molar-refractivity contribution is 5.71. The van der Waals surface area contributed by atoms with Gasteiger partial charge in [-0.2, -0.15) is 0 Å². The van der Waals surface area contributed by atoms with Crippen LogP contribution in [0.2, 0.25) is 0 Å². The Labute approximate surface area is 78.5 Å². The number of carboxylic acids is 1. The van der Waals surface area contributed by atoms with E-state index < -0.39 is 5.97 Å². The summed E-state index contributed by atoms with van der Waals surface area (Å²) in [4.78, 5) is 10.9. The van der Waals surface area contributed by atoms with Gasteiger partial charge in [0.05, 0.1) is 5.92 Å². The van der Waals surface area contributed by atoms with Crippen LogP contribution in [0, 0.1) is 5.92 Å². The molecular weight excluding hydrogens is 166 g/mol. The molecule has 2 aliphatic carbocycles. The highest BCUT2D eigenvalue weighted by Gasteiger charge is 2.34. The largest absolute Gasteiger partial charge is 0.481 e. The van der Waals surface area contributed by atoms with E-state index in [1.807, 2.05) is 0 Å². The molecule has 0 aromatic carbocycles. The van der Waals surface area contributed by atoms with Gasteiger partial charge in [-0.05, 0) is 25.7 Å². The normalized spacial score (nSPS) is 34.5. The Bertz CT molecular complexity index is 201. The zero-order valence-electron chi connectivity index (χ0n) is 7.83. The van der Waals surface area contributed by atoms with Gasteiger partial charge in [-0.3, -0.25) is 4.79 Å². The summed E-state index contributed by atoms with van der Waals surface area (Å²) in [6, 6.07) is 0.878. The SMILES string of the molecule is O=C(O)C1CCCCC1NC1CC1. The summed E-state index contributed by atoms with van der Waals surface area (Å²) in [7, 11) is 0. The van der Waals surface area contributed by atoms with E-state index in [1.165, 1.54) is 19.3 Å². The van der Waals surface area contributed by atoms with Crippen LogP contribution in [0.25, 0.3) is 0 Å². The third-order valence-electron chi connectivity index (χ3n) is 3.11. The second kappa shape index (κ2) is 3.66. The van der Waals surface area contributed by atoms with Crippen molar-refractivity contribution in [3.05, 3.63) is 0 Å². The molecule has 2 saturated carbocycles. The minimum absolute atomic E-state index is 0.130. The van der Waals surface area contributed by atoms with Crippen LogP contribution in [0.3, 0.4) is 0 Å². The second-order valence-electron chi connectivity index (χ2n) is 4.28. The Morgan fingerprint density at radius 3 is 2.46 bits per heavy atom. The molecular formula is C10H17NO2. The zero-order chi connectivity index (χ0) is 9.26. The van der Waals surface area contributed by atoms with Crippen LogP contribution < -0.4 is 5.32 Å². The number of aliphatic carboxylic acids is 1. The molecule has 0 amide bonds. The van der Waals surface area contributed by atoms with Crippen molar-refractivity contribution in [2.24, 2.45) is 5.92 Å². The Hall–Kier alpha value is -0.570. The minimum Gasteiger partial charge on any atom is -0.481 e. The molecule has 0 spiro atoms. The van der Waals surface area contributed by atoms with E-state index >= 15 is 0 Å². The standard InChI is InChI=1S/C10H17NO2/c12-10(13)8-3-1-2-4-9(8)11-7-5-6-7/h7-9,11H,1-6H2,(H,12,13). The van der Waals surface area contributed by atoms with Crippen molar-refractivity contribution in [2.45, 2.75) is 50.6 Å². The number of carbonyl (C=O) groups is 1. The van der Waals surface area contributed by atoms with Gasteiger partial charge in [0.25, 0.3) is 0 Å². The van der Waals surface area contributed by atoms with Crippen molar-refractivity contribution in [1.29, 1.82) is 0 Å². The van der Waals surface area contributed by atoms with E-state index in [4.69, 9.17) is 5.11 Å². The number of hydrogen-bond donors (Lipinski definition) is 2. The topological polar surface area (TPSA) is 49.3 Å². The van der Waals surface area contributed by atoms with Crippen LogP contribution >= 0.6 is 0 Å². The van der Waals surface area contributed by atoms with Crippen molar-refractivity contribution < 1.29 is 9.90 Å². The monoisotopic (exact) mass is 183 g/mol. The third-order valence-corrected chi connectivity index (χ3v) is 3.11. The average molecular weight is 183 g/mol. The van der Waals surface area contributed by atoms with Crippen LogP contribution in [0.15, 0.2) is 0 Å². The van der Waals surface area contributed by atoms with Crippen LogP contribution in [-0.4, -0.2) is 23.2 Å². The Morgan fingerprint density at radius 1 is 1.15 bits per heavy atom. The van der Waals surface area contributed by atoms with Gasteiger partial charge in [-0.1, -0.05) is 12.8 Å². The smallest absolute Gasteiger partial charge is 0.308 e. The molecule has 0 bridgehead atoms. The zero-order valence-corrected chi connectivity index (χ0v) is 7.83. The fraction of sp³-hybridized carbons (Fsp3) is 0.900. The molecule has 2 fully saturated rings. The maximum absolute atomic E-state index is 10.9. The summed E-state index contributed by atoms with van der Waals surface area (Å²) in [5, 5.41) is 12.4. The molecule has 0 heterocycles. The maximum atomic E-state index is 10.9. The van der Waals surface area contributed by atoms with E-state index in [0.29, 0.717) is 6.04 Å². The fourth-order valence-electron chi connectivity index (χ4n) is 2.18. The lowest BCUT2D eigenvalue weighted by Gasteiger charge is -2.29. The molecule has 2 atom stereocenters. The first kappa shape index (κ1) is 9.00. The molecule has 0 radical (unpaired) electrons. The molecule has 0 aromatic heterocycles. The summed E-state index contributed by atoms with van der Waals surface area (Å²) >= 11 is 0. The minimum atomic E-state index is -0.613. The highest BCUT2D eigenvalue weighted by atomic mass is 16.4. The first-order valence-electron chi connectivity index (χ1n) is 5.26. The number of rotatable bonds is 3. The molecule has 3 heteroatoms. The van der Waals surface area contributed by atoms with E-state index in [0.717, 1.165) is 19.3 Å². The Balaban J connectivity index is 1.90. The van der Waals surface area contributed by atoms with Gasteiger partial charge in [-0.15, -0.1) is 0 Å². The van der Waals surface area contributed by atoms with Crippen molar-refractivity contribution >= 4 is 5.97 Å².